The molecule has 5 rings (SSSR count). The molecule has 1 spiro atoms. The van der Waals surface area contributed by atoms with E-state index in [1.165, 1.54) is 5.57 Å². The quantitative estimate of drug-likeness (QED) is 0.301. The number of allylic oxidation sites excluding steroid dienone is 2. The van der Waals surface area contributed by atoms with Crippen LogP contribution in [-0.4, -0.2) is 44.7 Å². The summed E-state index contributed by atoms with van der Waals surface area (Å²) in [4.78, 5) is 12.8. The number of carbonyl (C=O) groups is 1. The second-order valence-corrected chi connectivity index (χ2v) is 14.4. The van der Waals surface area contributed by atoms with Crippen LogP contribution in [0.25, 0.3) is 0 Å². The number of aliphatic carboxylic acids is 1. The van der Waals surface area contributed by atoms with Crippen molar-refractivity contribution < 1.29 is 69.3 Å². The van der Waals surface area contributed by atoms with Crippen molar-refractivity contribution in [3.05, 3.63) is 11.6 Å². The molecule has 0 bridgehead atoms. The van der Waals surface area contributed by atoms with Crippen molar-refractivity contribution >= 4 is 5.97 Å². The summed E-state index contributed by atoms with van der Waals surface area (Å²) >= 11 is 0. The van der Waals surface area contributed by atoms with E-state index in [1.54, 1.807) is 0 Å². The maximum atomic E-state index is 12.8. The predicted molar refractivity (Wildman–Crippen MR) is 135 cm³/mol. The maximum absolute atomic E-state index is 12.8. The van der Waals surface area contributed by atoms with Crippen LogP contribution in [0.2, 0.25) is 0 Å². The van der Waals surface area contributed by atoms with Gasteiger partial charge in [-0.3, -0.25) is 4.79 Å². The largest absolute Gasteiger partial charge is 0.481 e. The number of carboxylic acid groups (broad SMARTS) is 1. The van der Waals surface area contributed by atoms with E-state index in [0.29, 0.717) is 31.6 Å². The predicted octanol–water partition coefficient (Wildman–Crippen LogP) is 5.18. The molecule has 6 heteroatoms. The molecule has 5 aliphatic rings. The molecule has 0 aromatic heterocycles. The van der Waals surface area contributed by atoms with Gasteiger partial charge in [-0.05, 0) is 112 Å². The Bertz CT molecular complexity index is 932. The first kappa shape index (κ1) is 29.5. The molecule has 5 nitrogen and oxygen atoms in total. The van der Waals surface area contributed by atoms with Crippen LogP contribution in [0.3, 0.4) is 0 Å². The van der Waals surface area contributed by atoms with Crippen molar-refractivity contribution in [3.8, 4) is 0 Å². The van der Waals surface area contributed by atoms with Gasteiger partial charge in [0, 0.05) is 49.5 Å². The molecular formula is C30H48AcO5. The average Bonchev–Trinajstić information content (AvgIpc) is 3.38. The van der Waals surface area contributed by atoms with Crippen molar-refractivity contribution in [2.75, 3.05) is 0 Å². The van der Waals surface area contributed by atoms with Gasteiger partial charge in [-0.25, -0.2) is 0 Å². The fraction of sp³-hybridized carbons (Fsp3) is 0.900. The van der Waals surface area contributed by atoms with Crippen molar-refractivity contribution in [2.24, 2.45) is 50.7 Å². The minimum Gasteiger partial charge on any atom is -0.481 e. The Morgan fingerprint density at radius 2 is 1.67 bits per heavy atom. The third-order valence-corrected chi connectivity index (χ3v) is 13.1. The Morgan fingerprint density at radius 3 is 2.28 bits per heavy atom. The molecule has 5 aliphatic carbocycles. The van der Waals surface area contributed by atoms with E-state index in [1.807, 2.05) is 13.8 Å². The van der Waals surface area contributed by atoms with Gasteiger partial charge in [-0.15, -0.1) is 0 Å². The van der Waals surface area contributed by atoms with Crippen molar-refractivity contribution in [1.82, 2.24) is 0 Å². The van der Waals surface area contributed by atoms with E-state index in [4.69, 9.17) is 0 Å². The number of aliphatic hydroxyl groups excluding tert-OH is 3. The number of hydrogen-bond donors (Lipinski definition) is 4. The van der Waals surface area contributed by atoms with Crippen LogP contribution in [-0.2, 0) is 4.79 Å². The van der Waals surface area contributed by atoms with Gasteiger partial charge in [0.2, 0.25) is 0 Å². The Morgan fingerprint density at radius 1 is 1.00 bits per heavy atom. The molecule has 0 aromatic carbocycles. The number of aliphatic hydroxyl groups is 3. The summed E-state index contributed by atoms with van der Waals surface area (Å²) in [5, 5.41) is 44.7. The van der Waals surface area contributed by atoms with Crippen molar-refractivity contribution in [3.63, 3.8) is 0 Å². The van der Waals surface area contributed by atoms with Gasteiger partial charge >= 0.3 is 5.97 Å². The standard InChI is InChI=1S/C30H48O5.Ac/c1-17(2)8-7-11-29(25(34)35)16-30(29)22-14-21(32)24-26(4)12-10-20(31)18(3)19(26)9-13-27(24,5)28(22,6)15-23(30)33;/h8,18-24,31-33H,7,9-16H2,1-6H3,(H,34,35);/t18?,19?,20?,21?,22?,23-,24-,26-,27?,28-,29?,30?;/m0./s1. The van der Waals surface area contributed by atoms with Crippen molar-refractivity contribution in [2.45, 2.75) is 118 Å². The van der Waals surface area contributed by atoms with E-state index < -0.39 is 29.0 Å². The van der Waals surface area contributed by atoms with E-state index >= 15 is 0 Å². The topological polar surface area (TPSA) is 98.0 Å². The third kappa shape index (κ3) is 3.55. The minimum atomic E-state index is -0.895. The summed E-state index contributed by atoms with van der Waals surface area (Å²) in [6.07, 6.45) is 7.46. The molecule has 5 saturated carbocycles. The average molecular weight is 716 g/mol. The molecule has 4 N–H and O–H groups in total. The molecule has 5 fully saturated rings. The van der Waals surface area contributed by atoms with Gasteiger partial charge < -0.3 is 20.4 Å². The number of fused-ring (bicyclic) bond motifs is 6. The van der Waals surface area contributed by atoms with Crippen LogP contribution in [0.4, 0.5) is 0 Å². The summed E-state index contributed by atoms with van der Waals surface area (Å²) < 4.78 is 0. The third-order valence-electron chi connectivity index (χ3n) is 13.1. The fourth-order valence-electron chi connectivity index (χ4n) is 11.3. The van der Waals surface area contributed by atoms with E-state index in [2.05, 4.69) is 33.8 Å². The Kier molecular flexibility index (Phi) is 7.62. The van der Waals surface area contributed by atoms with Crippen LogP contribution in [0.15, 0.2) is 11.6 Å². The molecule has 0 saturated heterocycles. The molecule has 0 aliphatic heterocycles. The SMILES string of the molecule is CC(C)=CCCC1(C(=O)O)CC12C1CC(O)[C@@H]3C(C)(CCC4C(C)C(O)CC[C@@]43C)[C@@]1(C)C[C@@H]2O.[Ac]. The second-order valence-electron chi connectivity index (χ2n) is 14.4. The summed E-state index contributed by atoms with van der Waals surface area (Å²) in [6.45, 7) is 13.3. The Hall–Kier alpha value is 0.532. The Labute approximate surface area is 253 Å². The number of hydrogen-bond acceptors (Lipinski definition) is 4. The van der Waals surface area contributed by atoms with E-state index in [0.717, 1.165) is 32.1 Å². The first-order chi connectivity index (χ1) is 16.2. The molecule has 1 radical (unpaired) electrons. The van der Waals surface area contributed by atoms with E-state index in [-0.39, 0.29) is 84.2 Å². The second kappa shape index (κ2) is 9.29. The number of carboxylic acids is 1. The first-order valence-electron chi connectivity index (χ1n) is 14.1. The molecule has 0 heterocycles. The monoisotopic (exact) mass is 715 g/mol. The van der Waals surface area contributed by atoms with Gasteiger partial charge in [0.05, 0.1) is 23.7 Å². The first-order valence-corrected chi connectivity index (χ1v) is 14.1. The van der Waals surface area contributed by atoms with Crippen LogP contribution in [0.1, 0.15) is 99.3 Å². The fourth-order valence-corrected chi connectivity index (χ4v) is 11.3. The zero-order valence-electron chi connectivity index (χ0n) is 23.3. The summed E-state index contributed by atoms with van der Waals surface area (Å²) in [5.74, 6) is -0.0283. The van der Waals surface area contributed by atoms with Crippen LogP contribution in [0.5, 0.6) is 0 Å². The molecular weight excluding hydrogens is 667 g/mol. The van der Waals surface area contributed by atoms with Gasteiger partial charge in [0.15, 0.2) is 0 Å². The Balaban J connectivity index is 0.00000304. The normalized spacial score (nSPS) is 55.1. The summed E-state index contributed by atoms with van der Waals surface area (Å²) in [7, 11) is 0. The zero-order valence-corrected chi connectivity index (χ0v) is 28.0. The van der Waals surface area contributed by atoms with Crippen LogP contribution in [0, 0.1) is 94.8 Å². The van der Waals surface area contributed by atoms with Crippen molar-refractivity contribution in [1.29, 1.82) is 0 Å². The molecule has 201 valence electrons. The molecule has 0 aromatic rings. The zero-order chi connectivity index (χ0) is 25.8. The number of rotatable bonds is 4. The molecule has 8 unspecified atom stereocenters. The van der Waals surface area contributed by atoms with Gasteiger partial charge in [0.25, 0.3) is 0 Å². The molecule has 12 atom stereocenters. The van der Waals surface area contributed by atoms with Crippen LogP contribution >= 0.6 is 0 Å². The summed E-state index contributed by atoms with van der Waals surface area (Å²) in [6, 6.07) is 0. The van der Waals surface area contributed by atoms with Gasteiger partial charge in [-0.1, -0.05) is 39.3 Å². The molecule has 36 heavy (non-hydrogen) atoms. The van der Waals surface area contributed by atoms with E-state index in [9.17, 15) is 25.2 Å². The van der Waals surface area contributed by atoms with Gasteiger partial charge in [-0.2, -0.15) is 0 Å². The maximum Gasteiger partial charge on any atom is 0.310 e. The molecule has 0 amide bonds. The smallest absolute Gasteiger partial charge is 0.310 e. The van der Waals surface area contributed by atoms with Crippen LogP contribution < -0.4 is 0 Å². The van der Waals surface area contributed by atoms with Gasteiger partial charge in [0.1, 0.15) is 0 Å². The summed E-state index contributed by atoms with van der Waals surface area (Å²) in [5.41, 5.74) is -0.759. The minimum absolute atomic E-state index is 0.